The zero-order valence-corrected chi connectivity index (χ0v) is 41.5. The molecule has 1 aromatic rings. The number of unbranched alkanes of at least 4 members (excludes halogenated alkanes) is 5. The van der Waals surface area contributed by atoms with Crippen molar-refractivity contribution in [2.45, 2.75) is 193 Å². The minimum absolute atomic E-state index is 0.0745. The van der Waals surface area contributed by atoms with Crippen LogP contribution in [-0.2, 0) is 57.0 Å². The van der Waals surface area contributed by atoms with Crippen molar-refractivity contribution in [3.8, 4) is 11.5 Å². The van der Waals surface area contributed by atoms with Crippen molar-refractivity contribution in [3.63, 3.8) is 0 Å². The Labute approximate surface area is 429 Å². The van der Waals surface area contributed by atoms with E-state index < -0.39 is 184 Å². The molecular weight excluding hydrogens is 1010 g/mol. The molecule has 4 heterocycles. The van der Waals surface area contributed by atoms with Gasteiger partial charge in [0, 0.05) is 38.0 Å². The largest absolute Gasteiger partial charge is 0.508 e. The number of hydrogen-bond donors (Lipinski definition) is 16. The Morgan fingerprint density at radius 1 is 0.760 bits per heavy atom. The number of carbonyl (C=O) groups is 4. The van der Waals surface area contributed by atoms with E-state index in [1.165, 1.54) is 14.0 Å². The quantitative estimate of drug-likeness (QED) is 0.0321. The fourth-order valence-electron chi connectivity index (χ4n) is 9.27. The number of carboxylic acid groups (broad SMARTS) is 1. The minimum atomic E-state index is -3.18. The Bertz CT molecular complexity index is 1990. The van der Waals surface area contributed by atoms with Gasteiger partial charge < -0.3 is 125 Å². The van der Waals surface area contributed by atoms with Crippen LogP contribution in [0.5, 0.6) is 11.5 Å². The van der Waals surface area contributed by atoms with E-state index in [0.29, 0.717) is 25.7 Å². The molecule has 29 nitrogen and oxygen atoms in total. The highest BCUT2D eigenvalue weighted by atomic mass is 16.8. The van der Waals surface area contributed by atoms with Gasteiger partial charge in [-0.1, -0.05) is 25.7 Å². The lowest BCUT2D eigenvalue weighted by Crippen LogP contribution is -2.72. The van der Waals surface area contributed by atoms with Crippen LogP contribution in [0.3, 0.4) is 0 Å². The molecule has 0 aliphatic carbocycles. The van der Waals surface area contributed by atoms with Gasteiger partial charge in [0.25, 0.3) is 11.7 Å². The Balaban J connectivity index is 1.55. The fourth-order valence-corrected chi connectivity index (χ4v) is 9.27. The van der Waals surface area contributed by atoms with Gasteiger partial charge in [0.05, 0.1) is 51.2 Å². The number of hydrogen-bond acceptors (Lipinski definition) is 26. The van der Waals surface area contributed by atoms with E-state index in [4.69, 9.17) is 43.6 Å². The normalized spacial score (nSPS) is 37.0. The number of phenols is 2. The summed E-state index contributed by atoms with van der Waals surface area (Å²) in [5, 5.41) is 145. The number of aliphatic carboxylic acids is 1. The molecule has 428 valence electrons. The zero-order chi connectivity index (χ0) is 55.5. The van der Waals surface area contributed by atoms with Gasteiger partial charge in [0.2, 0.25) is 5.91 Å². The maximum atomic E-state index is 14.2. The molecule has 4 saturated heterocycles. The van der Waals surface area contributed by atoms with Crippen LogP contribution in [0.2, 0.25) is 0 Å². The first kappa shape index (κ1) is 61.8. The number of aromatic hydroxyl groups is 2. The van der Waals surface area contributed by atoms with E-state index in [2.05, 4.69) is 15.4 Å². The summed E-state index contributed by atoms with van der Waals surface area (Å²) in [5.41, 5.74) is 5.94. The molecule has 17 N–H and O–H groups in total. The Morgan fingerprint density at radius 3 is 1.97 bits per heavy atom. The highest BCUT2D eigenvalue weighted by Crippen LogP contribution is 2.39. The first-order valence-electron chi connectivity index (χ1n) is 24.5. The second kappa shape index (κ2) is 28.0. The summed E-state index contributed by atoms with van der Waals surface area (Å²) in [7, 11) is 1.30. The number of nitrogens with two attached hydrogens (primary N) is 1. The maximum absolute atomic E-state index is 14.2. The van der Waals surface area contributed by atoms with Crippen molar-refractivity contribution in [2.75, 3.05) is 33.5 Å². The molecule has 29 heteroatoms. The van der Waals surface area contributed by atoms with Gasteiger partial charge in [-0.05, 0) is 31.9 Å². The summed E-state index contributed by atoms with van der Waals surface area (Å²) >= 11 is 0. The van der Waals surface area contributed by atoms with Crippen molar-refractivity contribution in [3.05, 3.63) is 23.8 Å². The van der Waals surface area contributed by atoms with E-state index in [1.807, 2.05) is 0 Å². The Hall–Kier alpha value is -4.06. The summed E-state index contributed by atoms with van der Waals surface area (Å²) in [5.74, 6) is -8.46. The average molecular weight is 1080 g/mol. The summed E-state index contributed by atoms with van der Waals surface area (Å²) in [6.45, 7) is -0.806. The molecule has 1 aromatic carbocycles. The number of aliphatic hydroxyl groups excluding tert-OH is 10. The van der Waals surface area contributed by atoms with Crippen LogP contribution >= 0.6 is 0 Å². The molecule has 0 spiro atoms. The number of aliphatic hydroxyl groups is 10. The van der Waals surface area contributed by atoms with Gasteiger partial charge in [-0.3, -0.25) is 14.4 Å². The molecule has 15 unspecified atom stereocenters. The number of carbonyl (C=O) groups excluding carboxylic acids is 3. The van der Waals surface area contributed by atoms with Crippen molar-refractivity contribution in [1.29, 1.82) is 0 Å². The SMILES string of the molecule is COC(=O)CCCCCCCCO[C@@H]1OC(CO)[C@@H](OC2OC(C)[C@@H](O)C(O)C2N)C(OC2OC(CO)[C@H](O)C(O[C@]3(C(=O)O)CC(O)[C@@H](NC(C)=O)C(C(O)C(O)CO)O3)C2O)C1NC(=O)c1cc(O)cc(O)c1. The number of carboxylic acids is 1. The molecule has 4 aliphatic rings. The van der Waals surface area contributed by atoms with Crippen molar-refractivity contribution < 1.29 is 128 Å². The second-order valence-electron chi connectivity index (χ2n) is 18.9. The monoisotopic (exact) mass is 1080 g/mol. The molecule has 21 atom stereocenters. The summed E-state index contributed by atoms with van der Waals surface area (Å²) in [6, 6.07) is -1.93. The highest BCUT2D eigenvalue weighted by Gasteiger charge is 2.61. The van der Waals surface area contributed by atoms with E-state index >= 15 is 0 Å². The third-order valence-corrected chi connectivity index (χ3v) is 13.4. The van der Waals surface area contributed by atoms with Gasteiger partial charge in [-0.2, -0.15) is 0 Å². The third kappa shape index (κ3) is 15.4. The predicted molar refractivity (Wildman–Crippen MR) is 246 cm³/mol. The topological polar surface area (TPSA) is 464 Å². The number of benzene rings is 1. The lowest BCUT2D eigenvalue weighted by Gasteiger charge is -2.52. The number of ether oxygens (including phenoxy) is 9. The number of methoxy groups -OCH3 is 1. The minimum Gasteiger partial charge on any atom is -0.508 e. The summed E-state index contributed by atoms with van der Waals surface area (Å²) in [4.78, 5) is 51.0. The molecule has 0 radical (unpaired) electrons. The van der Waals surface area contributed by atoms with E-state index in [-0.39, 0.29) is 24.6 Å². The van der Waals surface area contributed by atoms with Crippen molar-refractivity contribution in [2.24, 2.45) is 5.73 Å². The van der Waals surface area contributed by atoms with Crippen LogP contribution in [0.15, 0.2) is 18.2 Å². The summed E-state index contributed by atoms with van der Waals surface area (Å²) < 4.78 is 53.1. The maximum Gasteiger partial charge on any atom is 0.364 e. The predicted octanol–water partition coefficient (Wildman–Crippen LogP) is -5.63. The van der Waals surface area contributed by atoms with Crippen LogP contribution in [0, 0.1) is 0 Å². The van der Waals surface area contributed by atoms with E-state index in [1.54, 1.807) is 0 Å². The van der Waals surface area contributed by atoms with Gasteiger partial charge in [0.15, 0.2) is 18.9 Å². The molecule has 5 rings (SSSR count). The van der Waals surface area contributed by atoms with Crippen molar-refractivity contribution >= 4 is 23.8 Å². The van der Waals surface area contributed by atoms with Crippen LogP contribution < -0.4 is 16.4 Å². The molecule has 75 heavy (non-hydrogen) atoms. The van der Waals surface area contributed by atoms with E-state index in [0.717, 1.165) is 38.0 Å². The molecular formula is C46H73N3O26. The molecule has 4 fully saturated rings. The molecule has 0 aromatic heterocycles. The second-order valence-corrected chi connectivity index (χ2v) is 18.9. The first-order chi connectivity index (χ1) is 35.5. The lowest BCUT2D eigenvalue weighted by molar-refractivity contribution is -0.387. The first-order valence-corrected chi connectivity index (χ1v) is 24.5. The number of rotatable bonds is 25. The molecule has 0 saturated carbocycles. The van der Waals surface area contributed by atoms with Crippen LogP contribution in [0.4, 0.5) is 0 Å². The van der Waals surface area contributed by atoms with Gasteiger partial charge in [0.1, 0.15) is 90.8 Å². The highest BCUT2D eigenvalue weighted by molar-refractivity contribution is 5.95. The van der Waals surface area contributed by atoms with Crippen molar-refractivity contribution in [1.82, 2.24) is 10.6 Å². The molecule has 2 amide bonds. The third-order valence-electron chi connectivity index (χ3n) is 13.4. The van der Waals surface area contributed by atoms with Gasteiger partial charge in [-0.25, -0.2) is 4.79 Å². The Morgan fingerprint density at radius 2 is 1.37 bits per heavy atom. The smallest absolute Gasteiger partial charge is 0.364 e. The average Bonchev–Trinajstić information content (AvgIpc) is 3.37. The van der Waals surface area contributed by atoms with E-state index in [9.17, 15) is 85.6 Å². The zero-order valence-electron chi connectivity index (χ0n) is 41.5. The van der Waals surface area contributed by atoms with Crippen LogP contribution in [0.25, 0.3) is 0 Å². The number of esters is 1. The summed E-state index contributed by atoms with van der Waals surface area (Å²) in [6.07, 6.45) is -29.0. The van der Waals surface area contributed by atoms with Gasteiger partial charge in [-0.15, -0.1) is 0 Å². The van der Waals surface area contributed by atoms with Crippen LogP contribution in [0.1, 0.15) is 75.6 Å². The number of amides is 2. The lowest BCUT2D eigenvalue weighted by atomic mass is 9.88. The Kier molecular flexibility index (Phi) is 23.1. The fraction of sp³-hybridized carbons (Fsp3) is 0.783. The molecule has 4 aliphatic heterocycles. The van der Waals surface area contributed by atoms with Crippen LogP contribution in [-0.4, -0.2) is 252 Å². The standard InChI is InChI=1S/C46H73N3O26/c1-19-32(59)35(62)29(47)42(69-19)72-37-27(18-52)71-43(68-11-9-7-5-4-6-8-10-28(58)67-3)31(49-41(64)21-12-22(54)14-23(55)13-21)39(37)73-44-36(63)40(34(61)26(17-51)70-44)75-46(45(65)66)15-24(56)30(48-20(2)53)38(74-46)33(60)25(57)16-50/h12-14,19,24-27,29-40,42-44,50-52,54-57,59-63H,4-11,15-18,47H2,1-3H3,(H,48,53)(H,49,64)(H,65,66)/t19?,24?,25?,26?,27?,29?,30-,31?,32-,33?,34+,35?,36?,37-,38?,39?,40?,42?,43-,44?,46+/m1/s1. The van der Waals surface area contributed by atoms with Gasteiger partial charge >= 0.3 is 11.9 Å². The number of phenolic OH excluding ortho intramolecular Hbond substituents is 2. The molecule has 0 bridgehead atoms. The number of nitrogens with one attached hydrogen (secondary N) is 2.